The highest BCUT2D eigenvalue weighted by Crippen LogP contribution is 2.14. The van der Waals surface area contributed by atoms with Gasteiger partial charge in [-0.15, -0.1) is 0 Å². The van der Waals surface area contributed by atoms with E-state index < -0.39 is 23.9 Å². The number of hydrogen-bond acceptors (Lipinski definition) is 5. The minimum atomic E-state index is -1.06. The summed E-state index contributed by atoms with van der Waals surface area (Å²) in [6.45, 7) is 1.68. The number of aliphatic carboxylic acids is 1. The summed E-state index contributed by atoms with van der Waals surface area (Å²) in [5.41, 5.74) is 0.259. The Morgan fingerprint density at radius 1 is 1.30 bits per heavy atom. The molecule has 0 spiro atoms. The normalized spacial score (nSPS) is 11.4. The number of benzene rings is 1. The number of nitrogens with one attached hydrogen (secondary N) is 1. The van der Waals surface area contributed by atoms with Gasteiger partial charge < -0.3 is 19.9 Å². The largest absolute Gasteiger partial charge is 0.482 e. The molecule has 0 aliphatic rings. The zero-order chi connectivity index (χ0) is 17.2. The van der Waals surface area contributed by atoms with Gasteiger partial charge in [0.2, 0.25) is 0 Å². The van der Waals surface area contributed by atoms with Crippen LogP contribution in [0.25, 0.3) is 0 Å². The van der Waals surface area contributed by atoms with E-state index in [0.29, 0.717) is 18.6 Å². The van der Waals surface area contributed by atoms with Crippen molar-refractivity contribution in [1.82, 2.24) is 5.32 Å². The Balaban J connectivity index is 2.71. The zero-order valence-corrected chi connectivity index (χ0v) is 13.2. The Kier molecular flexibility index (Phi) is 7.59. The summed E-state index contributed by atoms with van der Waals surface area (Å²) in [7, 11) is 1.25. The van der Waals surface area contributed by atoms with Gasteiger partial charge in [-0.3, -0.25) is 4.79 Å². The third-order valence-corrected chi connectivity index (χ3v) is 3.13. The van der Waals surface area contributed by atoms with Gasteiger partial charge in [0.25, 0.3) is 5.91 Å². The highest BCUT2D eigenvalue weighted by atomic mass is 16.6. The van der Waals surface area contributed by atoms with Crippen LogP contribution >= 0.6 is 0 Å². The summed E-state index contributed by atoms with van der Waals surface area (Å²) >= 11 is 0. The summed E-state index contributed by atoms with van der Waals surface area (Å²) in [4.78, 5) is 34.3. The molecule has 0 bridgehead atoms. The predicted molar refractivity (Wildman–Crippen MR) is 82.4 cm³/mol. The molecule has 0 aromatic heterocycles. The minimum absolute atomic E-state index is 0.259. The molecule has 0 heterocycles. The first-order valence-corrected chi connectivity index (χ1v) is 7.31. The number of carboxylic acid groups (broad SMARTS) is 1. The molecule has 1 rings (SSSR count). The van der Waals surface area contributed by atoms with E-state index in [-0.39, 0.29) is 12.2 Å². The van der Waals surface area contributed by atoms with Gasteiger partial charge in [0.1, 0.15) is 11.8 Å². The smallest absolute Gasteiger partial charge is 0.343 e. The Hall–Kier alpha value is -2.57. The monoisotopic (exact) mass is 323 g/mol. The van der Waals surface area contributed by atoms with Crippen LogP contribution in [0.4, 0.5) is 0 Å². The first-order chi connectivity index (χ1) is 11.0. The molecule has 0 fully saturated rings. The molecule has 2 N–H and O–H groups in total. The lowest BCUT2D eigenvalue weighted by molar-refractivity contribution is -0.143. The van der Waals surface area contributed by atoms with E-state index in [1.165, 1.54) is 13.2 Å². The van der Waals surface area contributed by atoms with E-state index in [1.807, 2.05) is 6.92 Å². The first-order valence-electron chi connectivity index (χ1n) is 7.31. The molecule has 7 heteroatoms. The summed E-state index contributed by atoms with van der Waals surface area (Å²) in [5, 5.41) is 11.6. The third-order valence-electron chi connectivity index (χ3n) is 3.13. The molecular formula is C16H21NO6. The topological polar surface area (TPSA) is 102 Å². The number of unbranched alkanes of at least 4 members (excludes halogenated alkanes) is 1. The summed E-state index contributed by atoms with van der Waals surface area (Å²) in [6.07, 6.45) is 1.92. The molecule has 1 unspecified atom stereocenters. The third kappa shape index (κ3) is 6.37. The van der Waals surface area contributed by atoms with Crippen LogP contribution in [0.3, 0.4) is 0 Å². The van der Waals surface area contributed by atoms with Gasteiger partial charge in [-0.25, -0.2) is 9.59 Å². The average Bonchev–Trinajstić information content (AvgIpc) is 2.56. The van der Waals surface area contributed by atoms with Crippen molar-refractivity contribution in [3.05, 3.63) is 29.8 Å². The molecule has 0 aliphatic heterocycles. The highest BCUT2D eigenvalue weighted by molar-refractivity contribution is 5.96. The predicted octanol–water partition coefficient (Wildman–Crippen LogP) is 1.61. The summed E-state index contributed by atoms with van der Waals surface area (Å²) < 4.78 is 9.65. The van der Waals surface area contributed by atoms with Crippen molar-refractivity contribution >= 4 is 17.8 Å². The van der Waals surface area contributed by atoms with E-state index in [9.17, 15) is 14.4 Å². The van der Waals surface area contributed by atoms with Crippen molar-refractivity contribution in [2.24, 2.45) is 0 Å². The number of rotatable bonds is 9. The van der Waals surface area contributed by atoms with E-state index >= 15 is 0 Å². The molecule has 126 valence electrons. The van der Waals surface area contributed by atoms with Gasteiger partial charge >= 0.3 is 11.9 Å². The second-order valence-corrected chi connectivity index (χ2v) is 4.90. The molecule has 1 aromatic carbocycles. The molecule has 0 saturated carbocycles. The van der Waals surface area contributed by atoms with Crippen LogP contribution in [0.15, 0.2) is 24.3 Å². The molecular weight excluding hydrogens is 302 g/mol. The van der Waals surface area contributed by atoms with Crippen molar-refractivity contribution in [2.45, 2.75) is 32.2 Å². The van der Waals surface area contributed by atoms with Crippen LogP contribution in [-0.2, 0) is 14.3 Å². The quantitative estimate of drug-likeness (QED) is 0.669. The summed E-state index contributed by atoms with van der Waals surface area (Å²) in [6, 6.07) is 5.23. The molecule has 7 nitrogen and oxygen atoms in total. The van der Waals surface area contributed by atoms with Crippen LogP contribution in [0, 0.1) is 0 Å². The lowest BCUT2D eigenvalue weighted by Gasteiger charge is -2.14. The van der Waals surface area contributed by atoms with Crippen molar-refractivity contribution in [1.29, 1.82) is 0 Å². The van der Waals surface area contributed by atoms with Gasteiger partial charge in [0.15, 0.2) is 6.61 Å². The molecule has 23 heavy (non-hydrogen) atoms. The number of methoxy groups -OCH3 is 1. The zero-order valence-electron chi connectivity index (χ0n) is 13.2. The minimum Gasteiger partial charge on any atom is -0.482 e. The van der Waals surface area contributed by atoms with Gasteiger partial charge in [-0.05, 0) is 24.6 Å². The van der Waals surface area contributed by atoms with Crippen LogP contribution in [0.1, 0.15) is 36.5 Å². The van der Waals surface area contributed by atoms with Crippen molar-refractivity contribution in [3.8, 4) is 5.75 Å². The first kappa shape index (κ1) is 18.5. The Morgan fingerprint density at radius 3 is 2.65 bits per heavy atom. The average molecular weight is 323 g/mol. The Bertz CT molecular complexity index is 557. The maximum Gasteiger partial charge on any atom is 0.343 e. The van der Waals surface area contributed by atoms with Crippen LogP contribution in [0.2, 0.25) is 0 Å². The second-order valence-electron chi connectivity index (χ2n) is 4.90. The lowest BCUT2D eigenvalue weighted by atomic mass is 10.1. The standard InChI is InChI=1S/C16H21NO6/c1-3-4-8-13(16(20)21)17-15(19)11-6-5-7-12(9-11)23-10-14(18)22-2/h5-7,9,13H,3-4,8,10H2,1-2H3,(H,17,19)(H,20,21). The molecule has 0 saturated heterocycles. The van der Waals surface area contributed by atoms with Crippen molar-refractivity contribution in [2.75, 3.05) is 13.7 Å². The van der Waals surface area contributed by atoms with Gasteiger partial charge in [0, 0.05) is 5.56 Å². The fraction of sp³-hybridized carbons (Fsp3) is 0.438. The van der Waals surface area contributed by atoms with Crippen molar-refractivity contribution in [3.63, 3.8) is 0 Å². The number of carbonyl (C=O) groups is 3. The van der Waals surface area contributed by atoms with Gasteiger partial charge in [-0.2, -0.15) is 0 Å². The maximum atomic E-state index is 12.1. The lowest BCUT2D eigenvalue weighted by Crippen LogP contribution is -2.40. The molecule has 0 radical (unpaired) electrons. The number of carbonyl (C=O) groups excluding carboxylic acids is 2. The van der Waals surface area contributed by atoms with E-state index in [4.69, 9.17) is 9.84 Å². The fourth-order valence-corrected chi connectivity index (χ4v) is 1.84. The number of esters is 1. The van der Waals surface area contributed by atoms with Gasteiger partial charge in [-0.1, -0.05) is 25.8 Å². The van der Waals surface area contributed by atoms with Gasteiger partial charge in [0.05, 0.1) is 7.11 Å². The van der Waals surface area contributed by atoms with E-state index in [0.717, 1.165) is 6.42 Å². The number of hydrogen-bond donors (Lipinski definition) is 2. The number of carboxylic acids is 1. The fourth-order valence-electron chi connectivity index (χ4n) is 1.84. The number of ether oxygens (including phenoxy) is 2. The SMILES string of the molecule is CCCCC(NC(=O)c1cccc(OCC(=O)OC)c1)C(=O)O. The molecule has 0 aliphatic carbocycles. The second kappa shape index (κ2) is 9.45. The molecule has 1 atom stereocenters. The van der Waals surface area contributed by atoms with E-state index in [2.05, 4.69) is 10.1 Å². The summed E-state index contributed by atoms with van der Waals surface area (Å²) in [5.74, 6) is -1.78. The Labute approximate surface area is 134 Å². The highest BCUT2D eigenvalue weighted by Gasteiger charge is 2.20. The Morgan fingerprint density at radius 2 is 2.04 bits per heavy atom. The van der Waals surface area contributed by atoms with Crippen LogP contribution in [-0.4, -0.2) is 42.7 Å². The molecule has 1 amide bonds. The van der Waals surface area contributed by atoms with E-state index in [1.54, 1.807) is 18.2 Å². The maximum absolute atomic E-state index is 12.1. The van der Waals surface area contributed by atoms with Crippen LogP contribution < -0.4 is 10.1 Å². The number of amides is 1. The van der Waals surface area contributed by atoms with Crippen molar-refractivity contribution < 1.29 is 29.0 Å². The van der Waals surface area contributed by atoms with Crippen LogP contribution in [0.5, 0.6) is 5.75 Å². The molecule has 1 aromatic rings.